The second kappa shape index (κ2) is 7.33. The van der Waals surface area contributed by atoms with Gasteiger partial charge in [-0.2, -0.15) is 0 Å². The van der Waals surface area contributed by atoms with Gasteiger partial charge in [-0.15, -0.1) is 11.3 Å². The van der Waals surface area contributed by atoms with Gasteiger partial charge in [-0.1, -0.05) is 6.92 Å². The maximum Gasteiger partial charge on any atom is 0.230 e. The Balaban J connectivity index is 1.92. The number of aliphatic hydroxyl groups is 1. The fraction of sp³-hybridized carbons (Fsp3) is 0.733. The number of aromatic nitrogens is 1. The molecular formula is C15H25N3O2S. The van der Waals surface area contributed by atoms with Crippen molar-refractivity contribution in [3.05, 3.63) is 16.6 Å². The van der Waals surface area contributed by atoms with Crippen molar-refractivity contribution in [2.45, 2.75) is 33.2 Å². The highest BCUT2D eigenvalue weighted by Gasteiger charge is 2.35. The van der Waals surface area contributed by atoms with Crippen LogP contribution in [0, 0.1) is 5.41 Å². The normalized spacial score (nSPS) is 20.0. The van der Waals surface area contributed by atoms with E-state index in [4.69, 9.17) is 0 Å². The van der Waals surface area contributed by atoms with Crippen LogP contribution in [0.4, 0.5) is 0 Å². The minimum atomic E-state index is -0.635. The molecule has 2 rings (SSSR count). The number of carbonyl (C=O) groups is 1. The maximum absolute atomic E-state index is 12.6. The summed E-state index contributed by atoms with van der Waals surface area (Å²) in [6.45, 7) is 7.96. The van der Waals surface area contributed by atoms with Gasteiger partial charge in [-0.3, -0.25) is 9.69 Å². The van der Waals surface area contributed by atoms with Crippen molar-refractivity contribution in [3.63, 3.8) is 0 Å². The summed E-state index contributed by atoms with van der Waals surface area (Å²) >= 11 is 1.62. The summed E-state index contributed by atoms with van der Waals surface area (Å²) in [5, 5.41) is 11.6. The average Bonchev–Trinajstić information content (AvgIpc) is 2.90. The van der Waals surface area contributed by atoms with Gasteiger partial charge in [0.1, 0.15) is 0 Å². The number of aliphatic hydroxyl groups excluding tert-OH is 1. The molecule has 0 aromatic carbocycles. The second-order valence-electron chi connectivity index (χ2n) is 5.97. The molecule has 1 aliphatic heterocycles. The zero-order valence-electron chi connectivity index (χ0n) is 12.9. The topological polar surface area (TPSA) is 56.7 Å². The maximum atomic E-state index is 12.6. The third-order valence-electron chi connectivity index (χ3n) is 4.39. The van der Waals surface area contributed by atoms with Crippen LogP contribution in [-0.4, -0.2) is 58.6 Å². The molecule has 1 aliphatic rings. The molecular weight excluding hydrogens is 286 g/mol. The lowest BCUT2D eigenvalue weighted by molar-refractivity contribution is -0.143. The Morgan fingerprint density at radius 1 is 1.43 bits per heavy atom. The summed E-state index contributed by atoms with van der Waals surface area (Å²) in [5.74, 6) is 0.0861. The number of hydrogen-bond donors (Lipinski definition) is 1. The lowest BCUT2D eigenvalue weighted by Gasteiger charge is -2.32. The van der Waals surface area contributed by atoms with Crippen LogP contribution < -0.4 is 0 Å². The lowest BCUT2D eigenvalue weighted by atomic mass is 9.87. The third kappa shape index (κ3) is 4.02. The SMILES string of the molecule is CCC(C)(CO)C(=O)N1CCCN(Cc2cscn2)CC1. The minimum Gasteiger partial charge on any atom is -0.395 e. The van der Waals surface area contributed by atoms with Gasteiger partial charge in [0.2, 0.25) is 5.91 Å². The highest BCUT2D eigenvalue weighted by molar-refractivity contribution is 7.07. The second-order valence-corrected chi connectivity index (χ2v) is 6.69. The van der Waals surface area contributed by atoms with E-state index < -0.39 is 5.41 Å². The van der Waals surface area contributed by atoms with Gasteiger partial charge in [0.05, 0.1) is 23.2 Å². The molecule has 5 nitrogen and oxygen atoms in total. The number of hydrogen-bond acceptors (Lipinski definition) is 5. The molecule has 1 aromatic heterocycles. The number of carbonyl (C=O) groups excluding carboxylic acids is 1. The van der Waals surface area contributed by atoms with E-state index >= 15 is 0 Å². The molecule has 2 heterocycles. The van der Waals surface area contributed by atoms with E-state index in [9.17, 15) is 9.90 Å². The van der Waals surface area contributed by atoms with E-state index in [-0.39, 0.29) is 12.5 Å². The van der Waals surface area contributed by atoms with Crippen molar-refractivity contribution in [2.75, 3.05) is 32.8 Å². The van der Waals surface area contributed by atoms with Gasteiger partial charge in [-0.05, 0) is 19.8 Å². The summed E-state index contributed by atoms with van der Waals surface area (Å²) in [4.78, 5) is 21.2. The standard InChI is InChI=1S/C15H25N3O2S/c1-3-15(2,11-19)14(20)18-6-4-5-17(7-8-18)9-13-10-21-12-16-13/h10,12,19H,3-9,11H2,1-2H3. The Kier molecular flexibility index (Phi) is 5.72. The van der Waals surface area contributed by atoms with E-state index in [2.05, 4.69) is 15.3 Å². The van der Waals surface area contributed by atoms with Gasteiger partial charge in [-0.25, -0.2) is 4.98 Å². The molecule has 0 radical (unpaired) electrons. The van der Waals surface area contributed by atoms with E-state index in [1.54, 1.807) is 11.3 Å². The molecule has 6 heteroatoms. The van der Waals surface area contributed by atoms with Crippen LogP contribution in [0.1, 0.15) is 32.4 Å². The first-order chi connectivity index (χ1) is 10.1. The molecule has 1 amide bonds. The molecule has 21 heavy (non-hydrogen) atoms. The van der Waals surface area contributed by atoms with E-state index in [1.165, 1.54) is 0 Å². The lowest BCUT2D eigenvalue weighted by Crippen LogP contribution is -2.45. The predicted octanol–water partition coefficient (Wildman–Crippen LogP) is 1.59. The zero-order valence-corrected chi connectivity index (χ0v) is 13.7. The third-order valence-corrected chi connectivity index (χ3v) is 5.03. The van der Waals surface area contributed by atoms with E-state index in [0.717, 1.165) is 44.8 Å². The van der Waals surface area contributed by atoms with E-state index in [0.29, 0.717) is 6.42 Å². The Bertz CT molecular complexity index is 446. The quantitative estimate of drug-likeness (QED) is 0.897. The van der Waals surface area contributed by atoms with Crippen LogP contribution in [-0.2, 0) is 11.3 Å². The predicted molar refractivity (Wildman–Crippen MR) is 84.1 cm³/mol. The number of rotatable bonds is 5. The minimum absolute atomic E-state index is 0.0820. The van der Waals surface area contributed by atoms with Crippen LogP contribution in [0.3, 0.4) is 0 Å². The zero-order chi connectivity index (χ0) is 15.3. The average molecular weight is 311 g/mol. The number of amides is 1. The van der Waals surface area contributed by atoms with E-state index in [1.807, 2.05) is 24.3 Å². The van der Waals surface area contributed by atoms with Crippen molar-refractivity contribution < 1.29 is 9.90 Å². The summed E-state index contributed by atoms with van der Waals surface area (Å²) in [6.07, 6.45) is 1.64. The van der Waals surface area contributed by atoms with Crippen LogP contribution in [0.5, 0.6) is 0 Å². The molecule has 1 aromatic rings. The molecule has 1 fully saturated rings. The van der Waals surface area contributed by atoms with Crippen LogP contribution >= 0.6 is 11.3 Å². The van der Waals surface area contributed by atoms with Crippen molar-refractivity contribution >= 4 is 17.2 Å². The van der Waals surface area contributed by atoms with Crippen LogP contribution in [0.25, 0.3) is 0 Å². The largest absolute Gasteiger partial charge is 0.395 e. The Morgan fingerprint density at radius 2 is 2.24 bits per heavy atom. The molecule has 1 N–H and O–H groups in total. The Hall–Kier alpha value is -0.980. The number of nitrogens with zero attached hydrogens (tertiary/aromatic N) is 3. The summed E-state index contributed by atoms with van der Waals surface area (Å²) in [6, 6.07) is 0. The smallest absolute Gasteiger partial charge is 0.230 e. The summed E-state index contributed by atoms with van der Waals surface area (Å²) in [5.41, 5.74) is 2.33. The van der Waals surface area contributed by atoms with Crippen molar-refractivity contribution in [1.29, 1.82) is 0 Å². The molecule has 0 spiro atoms. The first-order valence-electron chi connectivity index (χ1n) is 7.58. The molecule has 0 aliphatic carbocycles. The molecule has 118 valence electrons. The van der Waals surface area contributed by atoms with Gasteiger partial charge in [0.15, 0.2) is 0 Å². The summed E-state index contributed by atoms with van der Waals surface area (Å²) < 4.78 is 0. The fourth-order valence-corrected chi connectivity index (χ4v) is 3.14. The van der Waals surface area contributed by atoms with Crippen molar-refractivity contribution in [2.24, 2.45) is 5.41 Å². The van der Waals surface area contributed by atoms with Crippen LogP contribution in [0.2, 0.25) is 0 Å². The fourth-order valence-electron chi connectivity index (χ4n) is 2.59. The van der Waals surface area contributed by atoms with Gasteiger partial charge < -0.3 is 10.0 Å². The highest BCUT2D eigenvalue weighted by atomic mass is 32.1. The highest BCUT2D eigenvalue weighted by Crippen LogP contribution is 2.24. The molecule has 0 saturated carbocycles. The van der Waals surface area contributed by atoms with Gasteiger partial charge >= 0.3 is 0 Å². The molecule has 0 bridgehead atoms. The molecule has 1 atom stereocenters. The Morgan fingerprint density at radius 3 is 2.86 bits per heavy atom. The van der Waals surface area contributed by atoms with Crippen molar-refractivity contribution in [3.8, 4) is 0 Å². The molecule has 1 unspecified atom stereocenters. The number of thiazole rings is 1. The van der Waals surface area contributed by atoms with Gasteiger partial charge in [0, 0.05) is 38.1 Å². The monoisotopic (exact) mass is 311 g/mol. The first kappa shape index (κ1) is 16.4. The first-order valence-corrected chi connectivity index (χ1v) is 8.53. The summed E-state index contributed by atoms with van der Waals surface area (Å²) in [7, 11) is 0. The molecule has 1 saturated heterocycles. The van der Waals surface area contributed by atoms with Crippen LogP contribution in [0.15, 0.2) is 10.9 Å². The van der Waals surface area contributed by atoms with Crippen molar-refractivity contribution in [1.82, 2.24) is 14.8 Å². The Labute approximate surface area is 130 Å². The van der Waals surface area contributed by atoms with Gasteiger partial charge in [0.25, 0.3) is 0 Å².